The van der Waals surface area contributed by atoms with Crippen LogP contribution in [0, 0.1) is 23.7 Å². The zero-order chi connectivity index (χ0) is 27.5. The van der Waals surface area contributed by atoms with Gasteiger partial charge in [0.1, 0.15) is 18.1 Å². The summed E-state index contributed by atoms with van der Waals surface area (Å²) in [7, 11) is -3.25. The standard InChI is InChI=1S/C30H49N3O3Si2/c1-29(2,3)38(7,8)36-30(24-14-21-13-22(16-24)17-25(30)15-21)32-27-23(19-34)18-31-28-26(27)9-10-33(28)20-35-11-12-37(4,5)6/h9-10,18-19,21-22,24-25H,11-17,20H2,1-8H3,(H,31,32)/t21-,22?,24+,25-,30+. The van der Waals surface area contributed by atoms with Crippen LogP contribution in [0.3, 0.4) is 0 Å². The summed E-state index contributed by atoms with van der Waals surface area (Å²) >= 11 is 0. The number of fused-ring (bicyclic) bond motifs is 1. The fourth-order valence-corrected chi connectivity index (χ4v) is 9.37. The summed E-state index contributed by atoms with van der Waals surface area (Å²) < 4.78 is 15.6. The lowest BCUT2D eigenvalue weighted by Gasteiger charge is -2.63. The van der Waals surface area contributed by atoms with E-state index in [-0.39, 0.29) is 5.04 Å². The van der Waals surface area contributed by atoms with Crippen molar-refractivity contribution in [3.8, 4) is 0 Å². The number of aldehydes is 1. The molecule has 4 fully saturated rings. The molecule has 6 rings (SSSR count). The zero-order valence-corrected chi connectivity index (χ0v) is 26.9. The molecule has 0 radical (unpaired) electrons. The van der Waals surface area contributed by atoms with E-state index in [4.69, 9.17) is 14.1 Å². The fourth-order valence-electron chi connectivity index (χ4n) is 7.08. The Labute approximate surface area is 231 Å². The van der Waals surface area contributed by atoms with Crippen molar-refractivity contribution in [2.24, 2.45) is 23.7 Å². The number of carbonyl (C=O) groups is 1. The average molecular weight is 556 g/mol. The summed E-state index contributed by atoms with van der Waals surface area (Å²) in [5, 5.41) is 5.11. The fraction of sp³-hybridized carbons (Fsp3) is 0.733. The smallest absolute Gasteiger partial charge is 0.195 e. The summed E-state index contributed by atoms with van der Waals surface area (Å²) in [6.07, 6.45) is 11.0. The Bertz CT molecular complexity index is 1150. The van der Waals surface area contributed by atoms with Crippen molar-refractivity contribution in [2.45, 2.75) is 109 Å². The first-order valence-corrected chi connectivity index (χ1v) is 21.3. The maximum Gasteiger partial charge on any atom is 0.195 e. The van der Waals surface area contributed by atoms with E-state index >= 15 is 0 Å². The van der Waals surface area contributed by atoms with Crippen LogP contribution in [0.4, 0.5) is 5.69 Å². The van der Waals surface area contributed by atoms with Gasteiger partial charge in [-0.3, -0.25) is 4.79 Å². The van der Waals surface area contributed by atoms with Gasteiger partial charge in [-0.05, 0) is 74.2 Å². The van der Waals surface area contributed by atoms with E-state index in [2.05, 4.69) is 69.5 Å². The van der Waals surface area contributed by atoms with Crippen molar-refractivity contribution in [1.82, 2.24) is 9.55 Å². The molecule has 4 saturated carbocycles. The second-order valence-corrected chi connectivity index (χ2v) is 25.5. The first-order chi connectivity index (χ1) is 17.7. The van der Waals surface area contributed by atoms with E-state index in [0.29, 0.717) is 24.1 Å². The van der Waals surface area contributed by atoms with E-state index < -0.39 is 22.1 Å². The van der Waals surface area contributed by atoms with Crippen molar-refractivity contribution in [1.29, 1.82) is 0 Å². The molecule has 2 heterocycles. The van der Waals surface area contributed by atoms with Crippen molar-refractivity contribution in [3.05, 3.63) is 24.0 Å². The van der Waals surface area contributed by atoms with E-state index in [1.807, 2.05) is 6.20 Å². The quantitative estimate of drug-likeness (QED) is 0.141. The third-order valence-electron chi connectivity index (χ3n) is 10.1. The van der Waals surface area contributed by atoms with Gasteiger partial charge < -0.3 is 19.0 Å². The largest absolute Gasteiger partial charge is 0.394 e. The predicted octanol–water partition coefficient (Wildman–Crippen LogP) is 7.75. The van der Waals surface area contributed by atoms with Crippen molar-refractivity contribution >= 4 is 39.4 Å². The molecule has 38 heavy (non-hydrogen) atoms. The summed E-state index contributed by atoms with van der Waals surface area (Å²) in [5.74, 6) is 2.60. The number of ether oxygens (including phenoxy) is 1. The van der Waals surface area contributed by atoms with E-state index in [1.165, 1.54) is 32.1 Å². The van der Waals surface area contributed by atoms with Gasteiger partial charge in [0.25, 0.3) is 0 Å². The van der Waals surface area contributed by atoms with E-state index in [0.717, 1.165) is 47.5 Å². The molecule has 2 aromatic heterocycles. The summed E-state index contributed by atoms with van der Waals surface area (Å²) in [4.78, 5) is 17.0. The van der Waals surface area contributed by atoms with Gasteiger partial charge in [-0.15, -0.1) is 0 Å². The molecule has 4 aliphatic carbocycles. The predicted molar refractivity (Wildman–Crippen MR) is 161 cm³/mol. The zero-order valence-electron chi connectivity index (χ0n) is 24.9. The Hall–Kier alpha value is -1.49. The first kappa shape index (κ1) is 28.1. The topological polar surface area (TPSA) is 65.4 Å². The second-order valence-electron chi connectivity index (χ2n) is 15.2. The molecular formula is C30H49N3O3Si2. The Morgan fingerprint density at radius 1 is 1.08 bits per heavy atom. The van der Waals surface area contributed by atoms with Gasteiger partial charge in [-0.2, -0.15) is 0 Å². The van der Waals surface area contributed by atoms with Gasteiger partial charge in [0.05, 0.1) is 11.3 Å². The maximum absolute atomic E-state index is 12.3. The number of rotatable bonds is 10. The van der Waals surface area contributed by atoms with Gasteiger partial charge >= 0.3 is 0 Å². The highest BCUT2D eigenvalue weighted by Crippen LogP contribution is 2.61. The minimum Gasteiger partial charge on any atom is -0.394 e. The Balaban J connectivity index is 1.51. The van der Waals surface area contributed by atoms with E-state index in [1.54, 1.807) is 6.20 Å². The number of hydrogen-bond acceptors (Lipinski definition) is 5. The average Bonchev–Trinajstić information content (AvgIpc) is 3.22. The second kappa shape index (κ2) is 9.86. The van der Waals surface area contributed by atoms with Crippen LogP contribution in [0.1, 0.15) is 63.2 Å². The molecule has 0 aliphatic heterocycles. The molecule has 4 aliphatic rings. The Kier molecular flexibility index (Phi) is 7.28. The van der Waals surface area contributed by atoms with Crippen LogP contribution in [0.15, 0.2) is 18.5 Å². The minimum atomic E-state index is -2.11. The lowest BCUT2D eigenvalue weighted by Crippen LogP contribution is -2.67. The number of nitrogens with zero attached hydrogens (tertiary/aromatic N) is 2. The highest BCUT2D eigenvalue weighted by molar-refractivity contribution is 6.76. The van der Waals surface area contributed by atoms with Crippen molar-refractivity contribution < 1.29 is 14.0 Å². The van der Waals surface area contributed by atoms with Gasteiger partial charge in [0.15, 0.2) is 14.6 Å². The molecule has 0 saturated heterocycles. The van der Waals surface area contributed by atoms with Crippen LogP contribution >= 0.6 is 0 Å². The van der Waals surface area contributed by atoms with Gasteiger partial charge in [-0.1, -0.05) is 40.4 Å². The molecule has 1 N–H and O–H groups in total. The molecule has 4 bridgehead atoms. The SMILES string of the molecule is CC(C)(C)[Si](C)(C)O[C@]1(Nc2c(C=O)cnc3c2ccn3COCC[Si](C)(C)C)[C@H]2CC3C[C@@H](C2)C[C@H]1C3. The molecular weight excluding hydrogens is 507 g/mol. The normalized spacial score (nSPS) is 29.3. The summed E-state index contributed by atoms with van der Waals surface area (Å²) in [6, 6.07) is 3.23. The molecule has 2 aromatic rings. The Morgan fingerprint density at radius 3 is 2.26 bits per heavy atom. The number of nitrogens with one attached hydrogen (secondary N) is 1. The third kappa shape index (κ3) is 5.18. The summed E-state index contributed by atoms with van der Waals surface area (Å²) in [6.45, 7) is 20.1. The molecule has 210 valence electrons. The van der Waals surface area contributed by atoms with Gasteiger partial charge in [0, 0.05) is 44.3 Å². The van der Waals surface area contributed by atoms with E-state index in [9.17, 15) is 4.79 Å². The van der Waals surface area contributed by atoms with Crippen LogP contribution < -0.4 is 5.32 Å². The third-order valence-corrected chi connectivity index (χ3v) is 16.2. The lowest BCUT2D eigenvalue weighted by molar-refractivity contribution is -0.146. The highest BCUT2D eigenvalue weighted by atomic mass is 28.4. The van der Waals surface area contributed by atoms with Crippen LogP contribution in [0.25, 0.3) is 11.0 Å². The van der Waals surface area contributed by atoms with Crippen molar-refractivity contribution in [2.75, 3.05) is 11.9 Å². The van der Waals surface area contributed by atoms with Gasteiger partial charge in [-0.25, -0.2) is 4.98 Å². The molecule has 0 unspecified atom stereocenters. The molecule has 6 nitrogen and oxygen atoms in total. The highest BCUT2D eigenvalue weighted by Gasteiger charge is 2.61. The number of anilines is 1. The molecule has 0 amide bonds. The minimum absolute atomic E-state index is 0.105. The number of pyridine rings is 1. The first-order valence-electron chi connectivity index (χ1n) is 14.7. The van der Waals surface area contributed by atoms with Gasteiger partial charge in [0.2, 0.25) is 0 Å². The molecule has 0 aromatic carbocycles. The van der Waals surface area contributed by atoms with Crippen molar-refractivity contribution in [3.63, 3.8) is 0 Å². The monoisotopic (exact) mass is 555 g/mol. The summed E-state index contributed by atoms with van der Waals surface area (Å²) in [5.41, 5.74) is 1.93. The van der Waals surface area contributed by atoms with Crippen LogP contribution in [0.5, 0.6) is 0 Å². The lowest BCUT2D eigenvalue weighted by atomic mass is 9.52. The van der Waals surface area contributed by atoms with Crippen LogP contribution in [-0.2, 0) is 15.9 Å². The number of aromatic nitrogens is 2. The number of hydrogen-bond donors (Lipinski definition) is 1. The maximum atomic E-state index is 12.3. The molecule has 0 spiro atoms. The Morgan fingerprint density at radius 2 is 1.71 bits per heavy atom. The molecule has 0 atom stereocenters. The van der Waals surface area contributed by atoms with Crippen LogP contribution in [0.2, 0.25) is 43.8 Å². The number of carbonyl (C=O) groups excluding carboxylic acids is 1. The van der Waals surface area contributed by atoms with Crippen LogP contribution in [-0.4, -0.2) is 44.6 Å². The molecule has 8 heteroatoms.